The van der Waals surface area contributed by atoms with Crippen molar-refractivity contribution < 1.29 is 14.4 Å². The topological polar surface area (TPSA) is 92.5 Å². The molecule has 0 aromatic carbocycles. The van der Waals surface area contributed by atoms with Crippen molar-refractivity contribution >= 4 is 17.6 Å². The summed E-state index contributed by atoms with van der Waals surface area (Å²) >= 11 is 0. The zero-order valence-corrected chi connectivity index (χ0v) is 11.4. The Kier molecular flexibility index (Phi) is 6.49. The van der Waals surface area contributed by atoms with Gasteiger partial charge in [-0.05, 0) is 32.2 Å². The molecule has 0 spiro atoms. The van der Waals surface area contributed by atoms with Crippen LogP contribution in [0.1, 0.15) is 45.4 Å². The van der Waals surface area contributed by atoms with E-state index in [-0.39, 0.29) is 18.1 Å². The molecule has 107 valence electrons. The molecule has 6 heteroatoms. The number of hydrogen-bond donors (Lipinski definition) is 2. The van der Waals surface area contributed by atoms with Crippen LogP contribution in [0, 0.1) is 6.42 Å². The molecule has 0 aromatic heterocycles. The van der Waals surface area contributed by atoms with Crippen LogP contribution < -0.4 is 11.2 Å². The average molecular weight is 268 g/mol. The van der Waals surface area contributed by atoms with E-state index in [1.165, 1.54) is 5.01 Å². The first-order valence-electron chi connectivity index (χ1n) is 6.72. The van der Waals surface area contributed by atoms with E-state index in [4.69, 9.17) is 5.73 Å². The van der Waals surface area contributed by atoms with Crippen LogP contribution in [0.2, 0.25) is 0 Å². The Hall–Kier alpha value is -1.43. The number of nitrogens with one attached hydrogen (secondary N) is 1. The van der Waals surface area contributed by atoms with Gasteiger partial charge in [-0.2, -0.15) is 0 Å². The minimum Gasteiger partial charge on any atom is -0.330 e. The quantitative estimate of drug-likeness (QED) is 0.514. The molecule has 19 heavy (non-hydrogen) atoms. The Labute approximate surface area is 113 Å². The fourth-order valence-electron chi connectivity index (χ4n) is 2.09. The van der Waals surface area contributed by atoms with E-state index in [0.29, 0.717) is 19.4 Å². The van der Waals surface area contributed by atoms with Gasteiger partial charge in [-0.25, -0.2) is 5.01 Å². The Morgan fingerprint density at radius 1 is 1.42 bits per heavy atom. The molecule has 0 unspecified atom stereocenters. The third-order valence-corrected chi connectivity index (χ3v) is 3.09. The Bertz CT molecular complexity index is 344. The number of hydrogen-bond acceptors (Lipinski definition) is 4. The number of carbonyl (C=O) groups excluding carboxylic acids is 3. The summed E-state index contributed by atoms with van der Waals surface area (Å²) in [5, 5.41) is 1.20. The van der Waals surface area contributed by atoms with E-state index in [1.54, 1.807) is 0 Å². The lowest BCUT2D eigenvalue weighted by atomic mass is 10.0. The first-order valence-corrected chi connectivity index (χ1v) is 6.72. The van der Waals surface area contributed by atoms with E-state index in [9.17, 15) is 14.4 Å². The van der Waals surface area contributed by atoms with Gasteiger partial charge >= 0.3 is 0 Å². The summed E-state index contributed by atoms with van der Waals surface area (Å²) < 4.78 is 0. The summed E-state index contributed by atoms with van der Waals surface area (Å²) in [6.07, 6.45) is 4.96. The van der Waals surface area contributed by atoms with Crippen molar-refractivity contribution in [1.29, 1.82) is 0 Å². The van der Waals surface area contributed by atoms with Crippen molar-refractivity contribution in [2.75, 3.05) is 6.54 Å². The standard InChI is InChI=1S/C13H22N3O3/c1-2-6-10-11(17)9-12(18)15-16(10)13(19)7-4-3-5-8-14/h2,10H,3-9,14H2,1H3,(H,15,18)/t10-/m0/s1. The molecular weight excluding hydrogens is 246 g/mol. The normalized spacial score (nSPS) is 19.5. The van der Waals surface area contributed by atoms with Gasteiger partial charge in [0.25, 0.3) is 0 Å². The first kappa shape index (κ1) is 15.6. The molecule has 1 atom stereocenters. The van der Waals surface area contributed by atoms with Crippen LogP contribution in [0.5, 0.6) is 0 Å². The number of hydrazine groups is 1. The number of nitrogens with zero attached hydrogens (tertiary/aromatic N) is 1. The highest BCUT2D eigenvalue weighted by atomic mass is 16.2. The number of unbranched alkanes of at least 4 members (excludes halogenated alkanes) is 2. The first-order chi connectivity index (χ1) is 9.10. The molecule has 2 amide bonds. The van der Waals surface area contributed by atoms with Crippen LogP contribution in [0.15, 0.2) is 0 Å². The van der Waals surface area contributed by atoms with Crippen LogP contribution in [-0.4, -0.2) is 35.2 Å². The second kappa shape index (κ2) is 7.89. The van der Waals surface area contributed by atoms with E-state index in [1.807, 2.05) is 13.3 Å². The lowest BCUT2D eigenvalue weighted by Gasteiger charge is -2.34. The monoisotopic (exact) mass is 268 g/mol. The van der Waals surface area contributed by atoms with E-state index in [2.05, 4.69) is 5.43 Å². The summed E-state index contributed by atoms with van der Waals surface area (Å²) in [7, 11) is 0. The van der Waals surface area contributed by atoms with Gasteiger partial charge in [-0.1, -0.05) is 13.3 Å². The molecule has 0 aromatic rings. The van der Waals surface area contributed by atoms with Gasteiger partial charge in [0.15, 0.2) is 5.78 Å². The fourth-order valence-corrected chi connectivity index (χ4v) is 2.09. The van der Waals surface area contributed by atoms with Crippen molar-refractivity contribution in [2.45, 2.75) is 51.5 Å². The summed E-state index contributed by atoms with van der Waals surface area (Å²) in [4.78, 5) is 35.2. The van der Waals surface area contributed by atoms with Crippen molar-refractivity contribution in [1.82, 2.24) is 10.4 Å². The molecule has 1 rings (SSSR count). The average Bonchev–Trinajstić information content (AvgIpc) is 2.37. The van der Waals surface area contributed by atoms with Gasteiger partial charge in [0.05, 0.1) is 6.42 Å². The summed E-state index contributed by atoms with van der Waals surface area (Å²) in [6, 6.07) is -0.551. The van der Waals surface area contributed by atoms with Gasteiger partial charge in [-0.15, -0.1) is 0 Å². The van der Waals surface area contributed by atoms with Crippen molar-refractivity contribution in [3.8, 4) is 0 Å². The molecule has 1 saturated heterocycles. The lowest BCUT2D eigenvalue weighted by molar-refractivity contribution is -0.154. The zero-order valence-electron chi connectivity index (χ0n) is 11.4. The smallest absolute Gasteiger partial charge is 0.246 e. The predicted molar refractivity (Wildman–Crippen MR) is 70.5 cm³/mol. The fraction of sp³-hybridized carbons (Fsp3) is 0.692. The second-order valence-corrected chi connectivity index (χ2v) is 4.70. The Morgan fingerprint density at radius 2 is 2.16 bits per heavy atom. The second-order valence-electron chi connectivity index (χ2n) is 4.70. The van der Waals surface area contributed by atoms with Crippen molar-refractivity contribution in [2.24, 2.45) is 5.73 Å². The maximum Gasteiger partial charge on any atom is 0.246 e. The number of Topliss-reactive ketones (excluding diaryl/α,β-unsaturated/α-hetero) is 1. The van der Waals surface area contributed by atoms with Crippen LogP contribution in [-0.2, 0) is 14.4 Å². The Balaban J connectivity index is 2.56. The minimum absolute atomic E-state index is 0.143. The molecule has 1 aliphatic rings. The molecular formula is C13H22N3O3. The molecule has 0 bridgehead atoms. The Morgan fingerprint density at radius 3 is 2.79 bits per heavy atom. The summed E-state index contributed by atoms with van der Waals surface area (Å²) in [5.74, 6) is -0.810. The molecule has 3 N–H and O–H groups in total. The van der Waals surface area contributed by atoms with Gasteiger partial charge in [-0.3, -0.25) is 19.8 Å². The van der Waals surface area contributed by atoms with Crippen LogP contribution >= 0.6 is 0 Å². The third-order valence-electron chi connectivity index (χ3n) is 3.09. The maximum atomic E-state index is 12.1. The number of carbonyl (C=O) groups is 3. The van der Waals surface area contributed by atoms with Crippen LogP contribution in [0.4, 0.5) is 0 Å². The highest BCUT2D eigenvalue weighted by molar-refractivity contribution is 6.05. The molecule has 1 radical (unpaired) electrons. The van der Waals surface area contributed by atoms with Gasteiger partial charge in [0.1, 0.15) is 6.04 Å². The van der Waals surface area contributed by atoms with E-state index < -0.39 is 11.9 Å². The molecule has 1 fully saturated rings. The maximum absolute atomic E-state index is 12.1. The SMILES string of the molecule is C[CH]C[C@H]1C(=O)CC(=O)NN1C(=O)CCCCCN. The third kappa shape index (κ3) is 4.63. The summed E-state index contributed by atoms with van der Waals surface area (Å²) in [6.45, 7) is 2.44. The number of amides is 2. The highest BCUT2D eigenvalue weighted by Crippen LogP contribution is 2.15. The van der Waals surface area contributed by atoms with Gasteiger partial charge in [0, 0.05) is 6.42 Å². The molecule has 0 saturated carbocycles. The van der Waals surface area contributed by atoms with Crippen molar-refractivity contribution in [3.05, 3.63) is 6.42 Å². The van der Waals surface area contributed by atoms with Crippen molar-refractivity contribution in [3.63, 3.8) is 0 Å². The number of ketones is 1. The summed E-state index contributed by atoms with van der Waals surface area (Å²) in [5.41, 5.74) is 7.89. The molecule has 0 aliphatic carbocycles. The predicted octanol–water partition coefficient (Wildman–Crippen LogP) is 0.321. The molecule has 1 aliphatic heterocycles. The zero-order chi connectivity index (χ0) is 14.3. The van der Waals surface area contributed by atoms with E-state index in [0.717, 1.165) is 19.3 Å². The number of nitrogens with two attached hydrogens (primary N) is 1. The van der Waals surface area contributed by atoms with Gasteiger partial charge in [0.2, 0.25) is 11.8 Å². The number of rotatable bonds is 7. The van der Waals surface area contributed by atoms with Crippen LogP contribution in [0.25, 0.3) is 0 Å². The van der Waals surface area contributed by atoms with E-state index >= 15 is 0 Å². The molecule has 1 heterocycles. The van der Waals surface area contributed by atoms with Gasteiger partial charge < -0.3 is 5.73 Å². The largest absolute Gasteiger partial charge is 0.330 e. The molecule has 6 nitrogen and oxygen atoms in total. The highest BCUT2D eigenvalue weighted by Gasteiger charge is 2.35. The minimum atomic E-state index is -0.551. The lowest BCUT2D eigenvalue weighted by Crippen LogP contribution is -2.59. The van der Waals surface area contributed by atoms with Crippen LogP contribution in [0.3, 0.4) is 0 Å².